The Kier molecular flexibility index (Phi) is 24.5. The number of carboxylic acid groups (broad SMARTS) is 1. The van der Waals surface area contributed by atoms with Crippen molar-refractivity contribution in [3.8, 4) is 57.1 Å². The minimum Gasteiger partial charge on any atom is -0.508 e. The Morgan fingerprint density at radius 3 is 1.97 bits per heavy atom. The highest BCUT2D eigenvalue weighted by molar-refractivity contribution is 6.32. The zero-order valence-corrected chi connectivity index (χ0v) is 60.4. The molecule has 3 saturated heterocycles. The number of rotatable bonds is 15. The summed E-state index contributed by atoms with van der Waals surface area (Å²) in [5.74, 6) is -16.0. The number of fused-ring (bicyclic) bond motifs is 15. The molecule has 8 aliphatic rings. The molecule has 13 rings (SSSR count). The van der Waals surface area contributed by atoms with Gasteiger partial charge in [0.2, 0.25) is 53.4 Å². The van der Waals surface area contributed by atoms with Gasteiger partial charge in [-0.15, -0.1) is 0 Å². The number of aliphatic hydroxyl groups is 8. The van der Waals surface area contributed by atoms with Crippen molar-refractivity contribution in [2.24, 2.45) is 17.4 Å². The molecule has 38 heteroatoms. The zero-order valence-electron chi connectivity index (χ0n) is 59.6. The molecule has 110 heavy (non-hydrogen) atoms. The minimum absolute atomic E-state index is 0.0709. The molecule has 5 aromatic rings. The lowest BCUT2D eigenvalue weighted by molar-refractivity contribution is -0.354. The number of benzene rings is 5. The first-order valence-corrected chi connectivity index (χ1v) is 35.3. The van der Waals surface area contributed by atoms with Gasteiger partial charge in [0.25, 0.3) is 0 Å². The van der Waals surface area contributed by atoms with Crippen molar-refractivity contribution in [2.45, 2.75) is 194 Å². The summed E-state index contributed by atoms with van der Waals surface area (Å²) < 4.78 is 50.8. The Morgan fingerprint density at radius 2 is 1.33 bits per heavy atom. The molecule has 23 atom stereocenters. The number of likely N-dealkylation sites (N-methyl/N-ethyl adjacent to an activating group) is 1. The maximum absolute atomic E-state index is 16.3. The maximum Gasteiger partial charge on any atom is 0.330 e. The molecule has 0 saturated carbocycles. The van der Waals surface area contributed by atoms with E-state index in [-0.39, 0.29) is 46.9 Å². The van der Waals surface area contributed by atoms with E-state index in [4.69, 9.17) is 61.0 Å². The van der Waals surface area contributed by atoms with Gasteiger partial charge in [-0.1, -0.05) is 49.7 Å². The molecule has 3 fully saturated rings. The summed E-state index contributed by atoms with van der Waals surface area (Å²) in [6.07, 6.45) is -28.3. The Bertz CT molecular complexity index is 4330. The lowest BCUT2D eigenvalue weighted by Crippen LogP contribution is -2.64. The van der Waals surface area contributed by atoms with E-state index in [9.17, 15) is 80.5 Å². The second kappa shape index (κ2) is 33.1. The van der Waals surface area contributed by atoms with Crippen LogP contribution in [0.1, 0.15) is 112 Å². The monoisotopic (exact) mass is 1560 g/mol. The first kappa shape index (κ1) is 81.3. The standard InChI is InChI=1S/C72H86ClN9O28/c1-25(2)15-37(76-6)63(95)81-51-54(89)30-10-14-41(36(73)17-30)106-43-19-31-18-42(60(43)109-71-61(57(92)55(90)44(24-83)107-71)110-70-58(93)56(91)53(88)26(3)104-70)105-33-11-7-28(8-12-33)59(108-46-23-72(5,75)62(94)27(4)103-46)52-68(100)80-50(69(101)102)35-20-32(84)21-40(86)47(35)34-16-29(9-13-39(34)85)48(65(97)82-52)79-66(98)49(31)78-64(96)38(22-45(74)87)77-67(51)99/h7-14,16-21,25-27,37-38,44,46,48-59,61-62,70-71,76,83-86,88-94H,15,22-24,75H2,1-6H3,(H2,74,87)(H,77,99)(H,78,96)(H,79,98)(H,80,100)(H,81,95)(H,82,97)(H,101,102)/t26-,27-,37-,38+,44-,46-,48-,49-,50+,51-,52+,53+,54-,55-,56+,57+,58+,59-,61-,62-,70-,71+,72+/m1/s1. The summed E-state index contributed by atoms with van der Waals surface area (Å²) in [5.41, 5.74) is 8.22. The molecule has 8 heterocycles. The van der Waals surface area contributed by atoms with Crippen LogP contribution in [-0.4, -0.2) is 232 Å². The number of halogens is 1. The van der Waals surface area contributed by atoms with Crippen molar-refractivity contribution in [3.05, 3.63) is 118 Å². The largest absolute Gasteiger partial charge is 0.508 e. The number of amides is 7. The van der Waals surface area contributed by atoms with E-state index in [2.05, 4.69) is 37.2 Å². The van der Waals surface area contributed by atoms with Gasteiger partial charge >= 0.3 is 5.97 Å². The van der Waals surface area contributed by atoms with Crippen molar-refractivity contribution in [1.82, 2.24) is 37.2 Å². The maximum atomic E-state index is 16.3. The number of aliphatic hydroxyl groups excluding tert-OH is 8. The van der Waals surface area contributed by atoms with Gasteiger partial charge in [-0.2, -0.15) is 0 Å². The first-order valence-electron chi connectivity index (χ1n) is 34.9. The van der Waals surface area contributed by atoms with E-state index in [0.29, 0.717) is 0 Å². The van der Waals surface area contributed by atoms with Crippen LogP contribution in [0.3, 0.4) is 0 Å². The molecule has 0 aliphatic carbocycles. The van der Waals surface area contributed by atoms with E-state index < -0.39 is 262 Å². The minimum atomic E-state index is -2.38. The van der Waals surface area contributed by atoms with Gasteiger partial charge in [-0.3, -0.25) is 33.6 Å². The van der Waals surface area contributed by atoms with Crippen molar-refractivity contribution < 1.29 is 138 Å². The number of carbonyl (C=O) groups is 8. The molecule has 7 amide bonds. The third kappa shape index (κ3) is 17.1. The van der Waals surface area contributed by atoms with Gasteiger partial charge in [-0.25, -0.2) is 4.79 Å². The zero-order chi connectivity index (χ0) is 80.0. The molecule has 594 valence electrons. The van der Waals surface area contributed by atoms with Crippen molar-refractivity contribution in [1.29, 1.82) is 0 Å². The highest BCUT2D eigenvalue weighted by atomic mass is 35.5. The number of aliphatic carboxylic acids is 1. The Hall–Kier alpha value is -9.65. The van der Waals surface area contributed by atoms with Crippen LogP contribution >= 0.6 is 11.6 Å². The number of carbonyl (C=O) groups excluding carboxylic acids is 7. The number of nitrogens with one attached hydrogen (secondary N) is 7. The van der Waals surface area contributed by atoms with Crippen molar-refractivity contribution >= 4 is 58.9 Å². The molecule has 0 spiro atoms. The first-order chi connectivity index (χ1) is 51.9. The molecular formula is C72H86ClN9O28. The van der Waals surface area contributed by atoms with E-state index >= 15 is 19.2 Å². The number of phenolic OH excluding ortho intramolecular Hbond substituents is 3. The smallest absolute Gasteiger partial charge is 0.330 e. The van der Waals surface area contributed by atoms with Gasteiger partial charge in [-0.05, 0) is 117 Å². The number of hydrogen-bond acceptors (Lipinski definition) is 29. The fraction of sp³-hybridized carbons (Fsp3) is 0.472. The van der Waals surface area contributed by atoms with Crippen molar-refractivity contribution in [3.63, 3.8) is 0 Å². The van der Waals surface area contributed by atoms with Crippen LogP contribution < -0.4 is 62.9 Å². The van der Waals surface area contributed by atoms with E-state index in [1.165, 1.54) is 64.2 Å². The third-order valence-corrected chi connectivity index (χ3v) is 20.1. The van der Waals surface area contributed by atoms with Crippen LogP contribution in [0.2, 0.25) is 5.02 Å². The van der Waals surface area contributed by atoms with E-state index in [1.807, 2.05) is 13.8 Å². The number of nitrogens with two attached hydrogens (primary N) is 2. The van der Waals surface area contributed by atoms with Gasteiger partial charge in [0, 0.05) is 34.7 Å². The molecule has 0 unspecified atom stereocenters. The summed E-state index contributed by atoms with van der Waals surface area (Å²) in [6.45, 7) is 6.83. The molecule has 11 bridgehead atoms. The van der Waals surface area contributed by atoms with Gasteiger partial charge in [0.15, 0.2) is 36.2 Å². The summed E-state index contributed by atoms with van der Waals surface area (Å²) in [5, 5.41) is 153. The van der Waals surface area contributed by atoms with Crippen LogP contribution in [0.4, 0.5) is 0 Å². The fourth-order valence-corrected chi connectivity index (χ4v) is 14.1. The second-order valence-electron chi connectivity index (χ2n) is 28.4. The molecule has 0 aromatic heterocycles. The van der Waals surface area contributed by atoms with Crippen LogP contribution in [0.15, 0.2) is 84.9 Å². The average molecular weight is 1560 g/mol. The summed E-state index contributed by atoms with van der Waals surface area (Å²) >= 11 is 7.10. The van der Waals surface area contributed by atoms with E-state index in [1.54, 1.807) is 0 Å². The lowest BCUT2D eigenvalue weighted by atomic mass is 9.86. The Labute approximate surface area is 631 Å². The molecular weight excluding hydrogens is 1470 g/mol. The molecule has 37 nitrogen and oxygen atoms in total. The quantitative estimate of drug-likeness (QED) is 0.0556. The van der Waals surface area contributed by atoms with Crippen LogP contribution in [-0.2, 0) is 62.0 Å². The number of carboxylic acids is 1. The topological polar surface area (TPSA) is 589 Å². The van der Waals surface area contributed by atoms with Crippen LogP contribution in [0.5, 0.6) is 46.0 Å². The number of hydrogen-bond donors (Lipinski definition) is 21. The van der Waals surface area contributed by atoms with Gasteiger partial charge < -0.3 is 148 Å². The molecule has 0 radical (unpaired) electrons. The molecule has 5 aromatic carbocycles. The van der Waals surface area contributed by atoms with Crippen molar-refractivity contribution in [2.75, 3.05) is 13.7 Å². The number of primary amides is 1. The Morgan fingerprint density at radius 1 is 0.673 bits per heavy atom. The Balaban J connectivity index is 1.18. The lowest BCUT2D eigenvalue weighted by Gasteiger charge is -2.45. The second-order valence-corrected chi connectivity index (χ2v) is 28.8. The van der Waals surface area contributed by atoms with Crippen LogP contribution in [0, 0.1) is 5.92 Å². The number of phenols is 3. The average Bonchev–Trinajstić information content (AvgIpc) is 0.763. The highest BCUT2D eigenvalue weighted by Crippen LogP contribution is 2.49. The van der Waals surface area contributed by atoms with E-state index in [0.717, 1.165) is 48.5 Å². The predicted molar refractivity (Wildman–Crippen MR) is 376 cm³/mol. The SMILES string of the molecule is CN[C@H](CC(C)C)C(=O)N[C@H]1C(=O)N[C@@H](CC(N)=O)C(=O)N[C@H]2C(=O)N[C@H]3C(=O)N[C@H](C(=O)N[C@H](C(=O)O)c4cc(O)cc(O)c4-c4cc3ccc4O)[C@H](O[C@@H]3C[C@](C)(N)[C@H](O)[C@@H](C)O3)c3ccc(cc3)Oc3cc2cc(c3O[C@@H]2O[C@H](CO)[C@@H](O)[C@H](O)[C@H]2O[C@H]2O[C@H](C)[C@H](O)[C@H](O)[C@@H]2O)Oc2ccc(cc2Cl)[C@H]1O. The number of ether oxygens (including phenoxy) is 8. The molecule has 8 aliphatic heterocycles. The normalized spacial score (nSPS) is 32.2. The predicted octanol–water partition coefficient (Wildman–Crippen LogP) is -1.70. The number of aromatic hydroxyl groups is 3. The summed E-state index contributed by atoms with van der Waals surface area (Å²) in [6, 6.07) is 0.905. The van der Waals surface area contributed by atoms with Gasteiger partial charge in [0.05, 0.1) is 42.4 Å². The molecule has 23 N–H and O–H groups in total. The summed E-state index contributed by atoms with van der Waals surface area (Å²) in [7, 11) is 1.46. The summed E-state index contributed by atoms with van der Waals surface area (Å²) in [4.78, 5) is 119. The fourth-order valence-electron chi connectivity index (χ4n) is 13.9. The van der Waals surface area contributed by atoms with Gasteiger partial charge in [0.1, 0.15) is 108 Å². The third-order valence-electron chi connectivity index (χ3n) is 19.8. The highest BCUT2D eigenvalue weighted by Gasteiger charge is 2.53. The van der Waals surface area contributed by atoms with Crippen LogP contribution in [0.25, 0.3) is 11.1 Å².